The second kappa shape index (κ2) is 8.78. The molecule has 2 aromatic rings. The maximum Gasteiger partial charge on any atom is 0.416 e. The molecule has 1 heterocycles. The Morgan fingerprint density at radius 3 is 2.37 bits per heavy atom. The molecule has 30 heavy (non-hydrogen) atoms. The zero-order chi connectivity index (χ0) is 21.9. The van der Waals surface area contributed by atoms with E-state index in [9.17, 15) is 27.6 Å². The molecule has 0 radical (unpaired) electrons. The van der Waals surface area contributed by atoms with E-state index < -0.39 is 28.1 Å². The first-order valence-corrected chi connectivity index (χ1v) is 9.68. The molecular weight excluding hydrogens is 421 g/mol. The van der Waals surface area contributed by atoms with Crippen LogP contribution in [0.15, 0.2) is 42.5 Å². The number of methoxy groups -OCH3 is 1. The highest BCUT2D eigenvalue weighted by Gasteiger charge is 2.32. The van der Waals surface area contributed by atoms with Crippen LogP contribution in [0.5, 0.6) is 5.75 Å². The predicted octanol–water partition coefficient (Wildman–Crippen LogP) is 3.54. The molecule has 1 atom stereocenters. The molecule has 0 spiro atoms. The maximum absolute atomic E-state index is 12.6. The topological polar surface area (TPSA) is 84.5 Å². The Morgan fingerprint density at radius 1 is 1.13 bits per heavy atom. The van der Waals surface area contributed by atoms with Gasteiger partial charge in [0.15, 0.2) is 0 Å². The van der Waals surface area contributed by atoms with Gasteiger partial charge in [-0.2, -0.15) is 13.2 Å². The van der Waals surface area contributed by atoms with Crippen molar-refractivity contribution in [2.24, 2.45) is 0 Å². The number of ether oxygens (including phenoxy) is 1. The third kappa shape index (κ3) is 5.12. The molecular formula is C20H17F3N2O4S. The van der Waals surface area contributed by atoms with Gasteiger partial charge in [-0.15, -0.1) is 0 Å². The fourth-order valence-electron chi connectivity index (χ4n) is 2.89. The Labute approximate surface area is 174 Å². The number of thioether (sulfide) groups is 1. The lowest BCUT2D eigenvalue weighted by molar-refractivity contribution is -0.137. The number of imide groups is 1. The van der Waals surface area contributed by atoms with Crippen LogP contribution in [0.3, 0.4) is 0 Å². The molecule has 0 aromatic heterocycles. The Bertz CT molecular complexity index is 977. The fourth-order valence-corrected chi connectivity index (χ4v) is 3.75. The summed E-state index contributed by atoms with van der Waals surface area (Å²) in [6.45, 7) is 0.0275. The van der Waals surface area contributed by atoms with Crippen molar-refractivity contribution in [2.45, 2.75) is 24.4 Å². The van der Waals surface area contributed by atoms with Gasteiger partial charge < -0.3 is 10.1 Å². The van der Waals surface area contributed by atoms with E-state index in [0.29, 0.717) is 16.9 Å². The molecule has 1 fully saturated rings. The van der Waals surface area contributed by atoms with Gasteiger partial charge in [-0.1, -0.05) is 30.0 Å². The average molecular weight is 438 g/mol. The summed E-state index contributed by atoms with van der Waals surface area (Å²) in [6.07, 6.45) is -4.17. The summed E-state index contributed by atoms with van der Waals surface area (Å²) in [6, 6.07) is 9.34. The van der Waals surface area contributed by atoms with Crippen LogP contribution in [-0.4, -0.2) is 29.4 Å². The largest absolute Gasteiger partial charge is 0.496 e. The van der Waals surface area contributed by atoms with Crippen LogP contribution >= 0.6 is 11.8 Å². The number of hydrogen-bond acceptors (Lipinski definition) is 5. The summed E-state index contributed by atoms with van der Waals surface area (Å²) >= 11 is 0.892. The number of carbonyl (C=O) groups is 3. The van der Waals surface area contributed by atoms with Gasteiger partial charge in [0, 0.05) is 6.54 Å². The monoisotopic (exact) mass is 438 g/mol. The number of carbonyl (C=O) groups excluding carboxylic acids is 3. The summed E-state index contributed by atoms with van der Waals surface area (Å²) in [7, 11) is 1.40. The van der Waals surface area contributed by atoms with E-state index in [0.717, 1.165) is 23.9 Å². The molecule has 158 valence electrons. The van der Waals surface area contributed by atoms with Crippen LogP contribution in [0.25, 0.3) is 0 Å². The predicted molar refractivity (Wildman–Crippen MR) is 104 cm³/mol. The molecule has 6 nitrogen and oxygen atoms in total. The average Bonchev–Trinajstić information content (AvgIpc) is 3.02. The zero-order valence-electron chi connectivity index (χ0n) is 15.7. The van der Waals surface area contributed by atoms with Crippen molar-refractivity contribution in [1.29, 1.82) is 0 Å². The smallest absolute Gasteiger partial charge is 0.416 e. The minimum Gasteiger partial charge on any atom is -0.496 e. The van der Waals surface area contributed by atoms with E-state index >= 15 is 0 Å². The summed E-state index contributed by atoms with van der Waals surface area (Å²) < 4.78 is 43.1. The molecule has 3 amide bonds. The van der Waals surface area contributed by atoms with Crippen LogP contribution in [-0.2, 0) is 23.9 Å². The van der Waals surface area contributed by atoms with Gasteiger partial charge >= 0.3 is 6.18 Å². The Balaban J connectivity index is 1.69. The third-order valence-electron chi connectivity index (χ3n) is 4.43. The van der Waals surface area contributed by atoms with Crippen molar-refractivity contribution >= 4 is 28.8 Å². The first-order valence-electron chi connectivity index (χ1n) is 8.80. The highest BCUT2D eigenvalue weighted by atomic mass is 32.2. The molecule has 0 unspecified atom stereocenters. The van der Waals surface area contributed by atoms with E-state index in [1.54, 1.807) is 18.2 Å². The second-order valence-corrected chi connectivity index (χ2v) is 7.67. The van der Waals surface area contributed by atoms with Crippen molar-refractivity contribution in [2.75, 3.05) is 7.11 Å². The molecule has 1 saturated heterocycles. The van der Waals surface area contributed by atoms with Crippen LogP contribution in [0.2, 0.25) is 0 Å². The van der Waals surface area contributed by atoms with Gasteiger partial charge in [0.2, 0.25) is 5.91 Å². The van der Waals surface area contributed by atoms with E-state index in [2.05, 4.69) is 10.6 Å². The fraction of sp³-hybridized carbons (Fsp3) is 0.250. The molecule has 0 saturated carbocycles. The SMILES string of the molecule is COc1ccc(C[C@@H]2SC(=O)NC2=O)cc1C(=O)NCc1ccc(C(F)(F)F)cc1. The van der Waals surface area contributed by atoms with Gasteiger partial charge in [0.1, 0.15) is 5.75 Å². The van der Waals surface area contributed by atoms with Crippen LogP contribution in [0.4, 0.5) is 18.0 Å². The minimum absolute atomic E-state index is 0.0275. The minimum atomic E-state index is -4.42. The van der Waals surface area contributed by atoms with Gasteiger partial charge in [0.25, 0.3) is 11.1 Å². The Hall–Kier alpha value is -3.01. The normalized spacial score (nSPS) is 16.3. The lowest BCUT2D eigenvalue weighted by atomic mass is 10.0. The number of benzene rings is 2. The van der Waals surface area contributed by atoms with E-state index in [4.69, 9.17) is 4.74 Å². The van der Waals surface area contributed by atoms with Crippen molar-refractivity contribution < 1.29 is 32.3 Å². The Morgan fingerprint density at radius 2 is 1.80 bits per heavy atom. The summed E-state index contributed by atoms with van der Waals surface area (Å²) in [5.74, 6) is -0.550. The molecule has 1 aliphatic heterocycles. The first-order chi connectivity index (χ1) is 14.2. The van der Waals surface area contributed by atoms with Crippen molar-refractivity contribution in [3.05, 3.63) is 64.7 Å². The third-order valence-corrected chi connectivity index (χ3v) is 5.41. The lowest BCUT2D eigenvalue weighted by Crippen LogP contribution is -2.26. The lowest BCUT2D eigenvalue weighted by Gasteiger charge is -2.13. The zero-order valence-corrected chi connectivity index (χ0v) is 16.5. The quantitative estimate of drug-likeness (QED) is 0.721. The van der Waals surface area contributed by atoms with Crippen molar-refractivity contribution in [1.82, 2.24) is 10.6 Å². The molecule has 0 aliphatic carbocycles. The molecule has 3 rings (SSSR count). The number of halogens is 3. The summed E-state index contributed by atoms with van der Waals surface area (Å²) in [5, 5.41) is 3.87. The first kappa shape index (κ1) is 21.7. The molecule has 2 aromatic carbocycles. The van der Waals surface area contributed by atoms with E-state index in [-0.39, 0.29) is 24.4 Å². The Kier molecular flexibility index (Phi) is 6.35. The number of hydrogen-bond donors (Lipinski definition) is 2. The molecule has 2 N–H and O–H groups in total. The number of amides is 3. The van der Waals surface area contributed by atoms with Crippen molar-refractivity contribution in [3.63, 3.8) is 0 Å². The number of alkyl halides is 3. The maximum atomic E-state index is 12.6. The van der Waals surface area contributed by atoms with Gasteiger partial charge in [0.05, 0.1) is 23.5 Å². The molecule has 10 heteroatoms. The highest BCUT2D eigenvalue weighted by Crippen LogP contribution is 2.29. The van der Waals surface area contributed by atoms with Gasteiger partial charge in [-0.3, -0.25) is 19.7 Å². The van der Waals surface area contributed by atoms with Gasteiger partial charge in [-0.05, 0) is 41.8 Å². The van der Waals surface area contributed by atoms with E-state index in [1.807, 2.05) is 0 Å². The molecule has 1 aliphatic rings. The summed E-state index contributed by atoms with van der Waals surface area (Å²) in [5.41, 5.74) is 0.623. The van der Waals surface area contributed by atoms with E-state index in [1.165, 1.54) is 19.2 Å². The standard InChI is InChI=1S/C20H17F3N2O4S/c1-29-15-7-4-12(9-16-18(27)25-19(28)30-16)8-14(15)17(26)24-10-11-2-5-13(6-3-11)20(21,22)23/h2-8,16H,9-10H2,1H3,(H,24,26)(H,25,27,28)/t16-/m0/s1. The van der Waals surface area contributed by atoms with Crippen LogP contribution in [0.1, 0.15) is 27.0 Å². The van der Waals surface area contributed by atoms with Crippen LogP contribution in [0, 0.1) is 0 Å². The molecule has 0 bridgehead atoms. The van der Waals surface area contributed by atoms with Crippen molar-refractivity contribution in [3.8, 4) is 5.75 Å². The summed E-state index contributed by atoms with van der Waals surface area (Å²) in [4.78, 5) is 35.7. The number of nitrogens with one attached hydrogen (secondary N) is 2. The van der Waals surface area contributed by atoms with Gasteiger partial charge in [-0.25, -0.2) is 0 Å². The van der Waals surface area contributed by atoms with Crippen LogP contribution < -0.4 is 15.4 Å². The second-order valence-electron chi connectivity index (χ2n) is 6.50. The highest BCUT2D eigenvalue weighted by molar-refractivity contribution is 8.15. The number of rotatable bonds is 6.